The topological polar surface area (TPSA) is 24.5 Å². The monoisotopic (exact) mass is 242 g/mol. The van der Waals surface area contributed by atoms with Gasteiger partial charge in [0, 0.05) is 31.3 Å². The predicted octanol–water partition coefficient (Wildman–Crippen LogP) is 2.12. The molecule has 1 aliphatic rings. The summed E-state index contributed by atoms with van der Waals surface area (Å²) >= 11 is 0. The summed E-state index contributed by atoms with van der Waals surface area (Å²) in [6.07, 6.45) is 1.27. The smallest absolute Gasteiger partial charge is 0.0622 e. The Morgan fingerprint density at radius 3 is 2.47 bits per heavy atom. The van der Waals surface area contributed by atoms with Crippen LogP contribution in [-0.4, -0.2) is 49.3 Å². The summed E-state index contributed by atoms with van der Waals surface area (Å²) in [4.78, 5) is 2.55. The number of hydrogen-bond donors (Lipinski definition) is 1. The van der Waals surface area contributed by atoms with Crippen molar-refractivity contribution in [1.82, 2.24) is 10.2 Å². The second kappa shape index (κ2) is 7.34. The molecule has 0 aliphatic carbocycles. The lowest BCUT2D eigenvalue weighted by Gasteiger charge is -2.27. The first-order chi connectivity index (χ1) is 8.04. The van der Waals surface area contributed by atoms with Gasteiger partial charge in [0.05, 0.1) is 6.61 Å². The van der Waals surface area contributed by atoms with Gasteiger partial charge in [-0.1, -0.05) is 13.8 Å². The Morgan fingerprint density at radius 2 is 2.00 bits per heavy atom. The summed E-state index contributed by atoms with van der Waals surface area (Å²) < 4.78 is 5.57. The van der Waals surface area contributed by atoms with Crippen molar-refractivity contribution in [3.63, 3.8) is 0 Å². The first-order valence-corrected chi connectivity index (χ1v) is 7.12. The highest BCUT2D eigenvalue weighted by atomic mass is 16.5. The summed E-state index contributed by atoms with van der Waals surface area (Å²) in [5, 5.41) is 3.77. The Bertz CT molecular complexity index is 206. The molecule has 1 N–H and O–H groups in total. The van der Waals surface area contributed by atoms with Crippen LogP contribution in [0, 0.1) is 5.92 Å². The normalized spacial score (nSPS) is 23.8. The molecule has 0 saturated carbocycles. The number of likely N-dealkylation sites (tertiary alicyclic amines) is 1. The maximum Gasteiger partial charge on any atom is 0.0622 e. The van der Waals surface area contributed by atoms with Gasteiger partial charge >= 0.3 is 0 Å². The average molecular weight is 242 g/mol. The Kier molecular flexibility index (Phi) is 6.45. The minimum atomic E-state index is 0.493. The van der Waals surface area contributed by atoms with Crippen LogP contribution in [0.15, 0.2) is 0 Å². The number of nitrogens with one attached hydrogen (secondary N) is 1. The van der Waals surface area contributed by atoms with Crippen molar-refractivity contribution in [1.29, 1.82) is 0 Å². The van der Waals surface area contributed by atoms with E-state index in [0.717, 1.165) is 13.2 Å². The van der Waals surface area contributed by atoms with Gasteiger partial charge in [-0.15, -0.1) is 0 Å². The van der Waals surface area contributed by atoms with Gasteiger partial charge < -0.3 is 10.1 Å². The summed E-state index contributed by atoms with van der Waals surface area (Å²) in [6.45, 7) is 15.2. The number of nitrogens with zero attached hydrogens (tertiary/aromatic N) is 1. The molecule has 1 rings (SSSR count). The zero-order valence-corrected chi connectivity index (χ0v) is 12.2. The lowest BCUT2D eigenvalue weighted by molar-refractivity contribution is 0.103. The average Bonchev–Trinajstić information content (AvgIpc) is 2.72. The molecule has 17 heavy (non-hydrogen) atoms. The summed E-state index contributed by atoms with van der Waals surface area (Å²) in [5.41, 5.74) is 0. The molecular formula is C14H30N2O. The van der Waals surface area contributed by atoms with E-state index in [1.807, 2.05) is 0 Å². The fourth-order valence-electron chi connectivity index (χ4n) is 2.37. The third-order valence-corrected chi connectivity index (χ3v) is 3.71. The second-order valence-electron chi connectivity index (χ2n) is 5.75. The van der Waals surface area contributed by atoms with Gasteiger partial charge in [-0.3, -0.25) is 4.90 Å². The van der Waals surface area contributed by atoms with E-state index in [0.29, 0.717) is 24.0 Å². The summed E-state index contributed by atoms with van der Waals surface area (Å²) in [5.74, 6) is 0.634. The van der Waals surface area contributed by atoms with Crippen molar-refractivity contribution in [2.24, 2.45) is 5.92 Å². The molecule has 0 spiro atoms. The van der Waals surface area contributed by atoms with E-state index in [1.165, 1.54) is 19.5 Å². The van der Waals surface area contributed by atoms with Gasteiger partial charge in [0.25, 0.3) is 0 Å². The van der Waals surface area contributed by atoms with E-state index in [1.54, 1.807) is 0 Å². The first kappa shape index (κ1) is 14.9. The van der Waals surface area contributed by atoms with Crippen LogP contribution in [0.2, 0.25) is 0 Å². The van der Waals surface area contributed by atoms with Crippen LogP contribution >= 0.6 is 0 Å². The molecule has 2 atom stereocenters. The van der Waals surface area contributed by atoms with Gasteiger partial charge in [-0.2, -0.15) is 0 Å². The molecule has 1 heterocycles. The fourth-order valence-corrected chi connectivity index (χ4v) is 2.37. The zero-order chi connectivity index (χ0) is 12.8. The van der Waals surface area contributed by atoms with Crippen molar-refractivity contribution in [3.05, 3.63) is 0 Å². The lowest BCUT2D eigenvalue weighted by Crippen LogP contribution is -2.45. The van der Waals surface area contributed by atoms with Crippen molar-refractivity contribution < 1.29 is 4.74 Å². The van der Waals surface area contributed by atoms with Crippen LogP contribution in [0.25, 0.3) is 0 Å². The van der Waals surface area contributed by atoms with Crippen LogP contribution in [0.3, 0.4) is 0 Å². The zero-order valence-electron chi connectivity index (χ0n) is 12.2. The van der Waals surface area contributed by atoms with E-state index < -0.39 is 0 Å². The molecule has 0 bridgehead atoms. The highest BCUT2D eigenvalue weighted by molar-refractivity contribution is 4.86. The van der Waals surface area contributed by atoms with Gasteiger partial charge in [-0.05, 0) is 39.7 Å². The number of hydrogen-bond acceptors (Lipinski definition) is 3. The quantitative estimate of drug-likeness (QED) is 0.740. The highest BCUT2D eigenvalue weighted by Crippen LogP contribution is 2.14. The molecule has 2 unspecified atom stereocenters. The maximum atomic E-state index is 5.57. The van der Waals surface area contributed by atoms with E-state index in [2.05, 4.69) is 44.8 Å². The lowest BCUT2D eigenvalue weighted by atomic mass is 10.0. The van der Waals surface area contributed by atoms with Crippen LogP contribution in [0.1, 0.15) is 41.0 Å². The molecule has 1 saturated heterocycles. The largest absolute Gasteiger partial charge is 0.380 e. The van der Waals surface area contributed by atoms with E-state index >= 15 is 0 Å². The maximum absolute atomic E-state index is 5.57. The van der Waals surface area contributed by atoms with E-state index in [-0.39, 0.29) is 0 Å². The van der Waals surface area contributed by atoms with Crippen LogP contribution < -0.4 is 5.32 Å². The molecule has 0 aromatic heterocycles. The van der Waals surface area contributed by atoms with Crippen molar-refractivity contribution in [3.8, 4) is 0 Å². The fraction of sp³-hybridized carbons (Fsp3) is 1.00. The molecule has 1 fully saturated rings. The Labute approximate surface area is 107 Å². The van der Waals surface area contributed by atoms with Gasteiger partial charge in [-0.25, -0.2) is 0 Å². The van der Waals surface area contributed by atoms with Crippen molar-refractivity contribution in [2.75, 3.05) is 26.3 Å². The molecule has 0 radical (unpaired) electrons. The Hall–Kier alpha value is -0.120. The minimum absolute atomic E-state index is 0.493. The van der Waals surface area contributed by atoms with Gasteiger partial charge in [0.15, 0.2) is 0 Å². The standard InChI is InChI=1S/C14H30N2O/c1-6-17-10-14(11(2)3)15-13-7-8-16(9-13)12(4)5/h11-15H,6-10H2,1-5H3. The second-order valence-corrected chi connectivity index (χ2v) is 5.75. The van der Waals surface area contributed by atoms with E-state index in [9.17, 15) is 0 Å². The van der Waals surface area contributed by atoms with Crippen LogP contribution in [0.5, 0.6) is 0 Å². The Morgan fingerprint density at radius 1 is 1.29 bits per heavy atom. The molecule has 1 aliphatic heterocycles. The molecule has 3 nitrogen and oxygen atoms in total. The van der Waals surface area contributed by atoms with E-state index in [4.69, 9.17) is 4.74 Å². The highest BCUT2D eigenvalue weighted by Gasteiger charge is 2.26. The van der Waals surface area contributed by atoms with Crippen molar-refractivity contribution >= 4 is 0 Å². The van der Waals surface area contributed by atoms with Gasteiger partial charge in [0.1, 0.15) is 0 Å². The third kappa shape index (κ3) is 4.94. The van der Waals surface area contributed by atoms with Gasteiger partial charge in [0.2, 0.25) is 0 Å². The number of ether oxygens (including phenoxy) is 1. The molecule has 0 aromatic rings. The predicted molar refractivity (Wildman–Crippen MR) is 73.4 cm³/mol. The summed E-state index contributed by atoms with van der Waals surface area (Å²) in [6, 6.07) is 1.81. The molecule has 102 valence electrons. The SMILES string of the molecule is CCOCC(NC1CCN(C(C)C)C1)C(C)C. The molecule has 0 amide bonds. The van der Waals surface area contributed by atoms with Crippen LogP contribution in [0.4, 0.5) is 0 Å². The first-order valence-electron chi connectivity index (χ1n) is 7.12. The summed E-state index contributed by atoms with van der Waals surface area (Å²) in [7, 11) is 0. The van der Waals surface area contributed by atoms with Crippen molar-refractivity contribution in [2.45, 2.75) is 59.2 Å². The molecular weight excluding hydrogens is 212 g/mol. The van der Waals surface area contributed by atoms with Crippen LogP contribution in [-0.2, 0) is 4.74 Å². The Balaban J connectivity index is 2.35. The minimum Gasteiger partial charge on any atom is -0.380 e. The third-order valence-electron chi connectivity index (χ3n) is 3.71. The molecule has 3 heteroatoms. The number of rotatable bonds is 7. The molecule has 0 aromatic carbocycles.